The Kier molecular flexibility index (Phi) is 9.88. The number of thioether (sulfide) groups is 1. The van der Waals surface area contributed by atoms with Crippen molar-refractivity contribution in [3.63, 3.8) is 0 Å². The second kappa shape index (κ2) is 12.4. The number of carbonyl (C=O) groups is 2. The van der Waals surface area contributed by atoms with E-state index in [4.69, 9.17) is 9.84 Å². The van der Waals surface area contributed by atoms with Crippen LogP contribution in [0.5, 0.6) is 11.5 Å². The first-order chi connectivity index (χ1) is 14.8. The zero-order chi connectivity index (χ0) is 22.8. The van der Waals surface area contributed by atoms with Gasteiger partial charge >= 0.3 is 5.97 Å². The first-order valence-electron chi connectivity index (χ1n) is 10.4. The van der Waals surface area contributed by atoms with Crippen molar-refractivity contribution >= 4 is 23.5 Å². The Labute approximate surface area is 187 Å². The molecule has 0 bridgehead atoms. The quantitative estimate of drug-likeness (QED) is 0.226. The van der Waals surface area contributed by atoms with Crippen LogP contribution in [0, 0.1) is 0 Å². The zero-order valence-electron chi connectivity index (χ0n) is 18.0. The number of carboxylic acids is 1. The van der Waals surface area contributed by atoms with Crippen molar-refractivity contribution in [2.75, 3.05) is 12.4 Å². The molecule has 1 atom stereocenters. The number of aliphatic hydroxyl groups is 1. The number of aliphatic hydroxyl groups excluding tert-OH is 1. The Hall–Kier alpha value is -2.51. The van der Waals surface area contributed by atoms with Gasteiger partial charge in [-0.15, -0.1) is 11.8 Å². The molecule has 0 spiro atoms. The molecule has 6 nitrogen and oxygen atoms in total. The van der Waals surface area contributed by atoms with Crippen molar-refractivity contribution in [2.45, 2.75) is 57.0 Å². The average Bonchev–Trinajstić information content (AvgIpc) is 2.74. The van der Waals surface area contributed by atoms with Gasteiger partial charge in [-0.1, -0.05) is 25.5 Å². The summed E-state index contributed by atoms with van der Waals surface area (Å²) in [5.74, 6) is 0.390. The minimum absolute atomic E-state index is 0.0202. The molecule has 31 heavy (non-hydrogen) atoms. The maximum absolute atomic E-state index is 11.6. The van der Waals surface area contributed by atoms with Gasteiger partial charge in [0.2, 0.25) is 0 Å². The van der Waals surface area contributed by atoms with Gasteiger partial charge in [0, 0.05) is 22.6 Å². The summed E-state index contributed by atoms with van der Waals surface area (Å²) in [4.78, 5) is 23.3. The number of phenols is 1. The molecule has 1 unspecified atom stereocenters. The highest BCUT2D eigenvalue weighted by Crippen LogP contribution is 2.33. The molecule has 0 heterocycles. The van der Waals surface area contributed by atoms with E-state index in [0.717, 1.165) is 23.5 Å². The molecule has 7 heteroatoms. The number of ether oxygens (including phenoxy) is 1. The fourth-order valence-electron chi connectivity index (χ4n) is 3.17. The molecule has 168 valence electrons. The summed E-state index contributed by atoms with van der Waals surface area (Å²) < 4.78 is 5.87. The van der Waals surface area contributed by atoms with Crippen LogP contribution in [-0.2, 0) is 11.2 Å². The Morgan fingerprint density at radius 1 is 1.13 bits per heavy atom. The van der Waals surface area contributed by atoms with Crippen LogP contribution in [0.1, 0.15) is 67.1 Å². The van der Waals surface area contributed by atoms with E-state index in [1.165, 1.54) is 6.92 Å². The summed E-state index contributed by atoms with van der Waals surface area (Å²) >= 11 is 1.67. The van der Waals surface area contributed by atoms with E-state index in [-0.39, 0.29) is 24.4 Å². The van der Waals surface area contributed by atoms with E-state index >= 15 is 0 Å². The number of ketones is 1. The molecule has 2 aromatic carbocycles. The van der Waals surface area contributed by atoms with E-state index in [1.54, 1.807) is 23.9 Å². The molecule has 0 aromatic heterocycles. The van der Waals surface area contributed by atoms with E-state index < -0.39 is 12.1 Å². The first-order valence-corrected chi connectivity index (χ1v) is 11.4. The van der Waals surface area contributed by atoms with Crippen molar-refractivity contribution in [2.24, 2.45) is 0 Å². The Morgan fingerprint density at radius 3 is 2.45 bits per heavy atom. The van der Waals surface area contributed by atoms with Crippen molar-refractivity contribution in [3.05, 3.63) is 53.1 Å². The molecule has 0 fully saturated rings. The highest BCUT2D eigenvalue weighted by molar-refractivity contribution is 7.99. The third-order valence-electron chi connectivity index (χ3n) is 4.83. The fraction of sp³-hybridized carbons (Fsp3) is 0.417. The Morgan fingerprint density at radius 2 is 1.84 bits per heavy atom. The van der Waals surface area contributed by atoms with Gasteiger partial charge in [-0.2, -0.15) is 0 Å². The summed E-state index contributed by atoms with van der Waals surface area (Å²) in [6.07, 6.45) is 1.64. The summed E-state index contributed by atoms with van der Waals surface area (Å²) in [7, 11) is 0. The second-order valence-corrected chi connectivity index (χ2v) is 8.48. The maximum atomic E-state index is 11.6. The number of Topliss-reactive ketones (excluding diaryl/α,β-unsaturated/α-hetero) is 1. The second-order valence-electron chi connectivity index (χ2n) is 7.31. The van der Waals surface area contributed by atoms with Gasteiger partial charge in [-0.25, -0.2) is 0 Å². The van der Waals surface area contributed by atoms with Crippen LogP contribution in [0.25, 0.3) is 0 Å². The van der Waals surface area contributed by atoms with Gasteiger partial charge in [0.15, 0.2) is 5.78 Å². The van der Waals surface area contributed by atoms with Crippen LogP contribution in [-0.4, -0.2) is 39.4 Å². The van der Waals surface area contributed by atoms with Crippen molar-refractivity contribution in [3.8, 4) is 11.5 Å². The lowest BCUT2D eigenvalue weighted by Crippen LogP contribution is -2.04. The largest absolute Gasteiger partial charge is 0.507 e. The highest BCUT2D eigenvalue weighted by Gasteiger charge is 2.16. The van der Waals surface area contributed by atoms with Crippen LogP contribution < -0.4 is 4.74 Å². The molecule has 0 aliphatic heterocycles. The predicted molar refractivity (Wildman–Crippen MR) is 121 cm³/mol. The third-order valence-corrected chi connectivity index (χ3v) is 5.93. The van der Waals surface area contributed by atoms with Gasteiger partial charge in [-0.05, 0) is 56.0 Å². The van der Waals surface area contributed by atoms with E-state index in [9.17, 15) is 19.8 Å². The first kappa shape index (κ1) is 24.8. The van der Waals surface area contributed by atoms with Crippen molar-refractivity contribution in [1.29, 1.82) is 0 Å². The number of hydrogen-bond donors (Lipinski definition) is 3. The Balaban J connectivity index is 1.82. The number of rotatable bonds is 13. The van der Waals surface area contributed by atoms with Crippen molar-refractivity contribution < 1.29 is 29.6 Å². The molecule has 0 saturated heterocycles. The molecule has 0 radical (unpaired) electrons. The van der Waals surface area contributed by atoms with Crippen LogP contribution in [0.15, 0.2) is 41.3 Å². The summed E-state index contributed by atoms with van der Waals surface area (Å²) in [5.41, 5.74) is 1.72. The van der Waals surface area contributed by atoms with Gasteiger partial charge < -0.3 is 20.1 Å². The smallest absolute Gasteiger partial charge is 0.303 e. The maximum Gasteiger partial charge on any atom is 0.303 e. The van der Waals surface area contributed by atoms with E-state index in [2.05, 4.69) is 0 Å². The lowest BCUT2D eigenvalue weighted by atomic mass is 10.0. The number of hydrogen-bond acceptors (Lipinski definition) is 6. The molecular formula is C24H30O6S. The van der Waals surface area contributed by atoms with Gasteiger partial charge in [0.05, 0.1) is 18.3 Å². The van der Waals surface area contributed by atoms with E-state index in [0.29, 0.717) is 35.5 Å². The SMILES string of the molecule is CCCc1c(OCCCSc2ccc(C(O)CCC(=O)O)cc2)ccc(C(C)=O)c1O. The Bertz CT molecular complexity index is 878. The summed E-state index contributed by atoms with van der Waals surface area (Å²) in [6, 6.07) is 10.8. The standard InChI is InChI=1S/C24H30O6S/c1-3-5-20-22(12-10-19(16(2)25)24(20)29)30-14-4-15-31-18-8-6-17(7-9-18)21(26)11-13-23(27)28/h6-10,12,21,26,29H,3-5,11,13-15H2,1-2H3,(H,27,28). The molecule has 0 amide bonds. The minimum atomic E-state index is -0.916. The minimum Gasteiger partial charge on any atom is -0.507 e. The fourth-order valence-corrected chi connectivity index (χ4v) is 4.00. The molecule has 3 N–H and O–H groups in total. The summed E-state index contributed by atoms with van der Waals surface area (Å²) in [5, 5.41) is 29.1. The third kappa shape index (κ3) is 7.60. The van der Waals surface area contributed by atoms with Crippen LogP contribution >= 0.6 is 11.8 Å². The zero-order valence-corrected chi connectivity index (χ0v) is 18.8. The average molecular weight is 447 g/mol. The van der Waals surface area contributed by atoms with Crippen molar-refractivity contribution in [1.82, 2.24) is 0 Å². The molecule has 2 aromatic rings. The molecule has 0 aliphatic carbocycles. The number of aliphatic carboxylic acids is 1. The molecule has 0 saturated carbocycles. The lowest BCUT2D eigenvalue weighted by Gasteiger charge is -2.14. The van der Waals surface area contributed by atoms with Gasteiger partial charge in [0.1, 0.15) is 11.5 Å². The van der Waals surface area contributed by atoms with E-state index in [1.807, 2.05) is 31.2 Å². The number of carboxylic acid groups (broad SMARTS) is 1. The highest BCUT2D eigenvalue weighted by atomic mass is 32.2. The number of phenolic OH excluding ortho intramolecular Hbond substituents is 1. The van der Waals surface area contributed by atoms with Crippen LogP contribution in [0.4, 0.5) is 0 Å². The van der Waals surface area contributed by atoms with Crippen LogP contribution in [0.2, 0.25) is 0 Å². The lowest BCUT2D eigenvalue weighted by molar-refractivity contribution is -0.137. The number of carbonyl (C=O) groups excluding carboxylic acids is 1. The molecule has 2 rings (SSSR count). The number of benzene rings is 2. The number of aromatic hydroxyl groups is 1. The predicted octanol–water partition coefficient (Wildman–Crippen LogP) is 5.01. The molecule has 0 aliphatic rings. The topological polar surface area (TPSA) is 104 Å². The van der Waals surface area contributed by atoms with Gasteiger partial charge in [-0.3, -0.25) is 9.59 Å². The van der Waals surface area contributed by atoms with Gasteiger partial charge in [0.25, 0.3) is 0 Å². The normalized spacial score (nSPS) is 11.8. The van der Waals surface area contributed by atoms with Crippen LogP contribution in [0.3, 0.4) is 0 Å². The monoisotopic (exact) mass is 446 g/mol. The molecular weight excluding hydrogens is 416 g/mol. The summed E-state index contributed by atoms with van der Waals surface area (Å²) in [6.45, 7) is 3.94.